The molecule has 1 aromatic carbocycles. The fraction of sp³-hybridized carbons (Fsp3) is 0.500. The molecule has 2 saturated heterocycles. The lowest BCUT2D eigenvalue weighted by molar-refractivity contribution is -0.100. The van der Waals surface area contributed by atoms with Gasteiger partial charge in [-0.2, -0.15) is 0 Å². The first-order chi connectivity index (χ1) is 12.3. The largest absolute Gasteiger partial charge is 0.348 e. The van der Waals surface area contributed by atoms with E-state index in [4.69, 9.17) is 9.47 Å². The number of amides is 1. The highest BCUT2D eigenvalue weighted by molar-refractivity contribution is 5.92. The fourth-order valence-electron chi connectivity index (χ4n) is 3.48. The molecule has 0 N–H and O–H groups in total. The third-order valence-electron chi connectivity index (χ3n) is 4.72. The highest BCUT2D eigenvalue weighted by Crippen LogP contribution is 2.25. The minimum atomic E-state index is -0.316. The SMILES string of the molecule is O=C(c1cn(Cc2ccccc2)nn1)N1CCCCC1C1OCCO1. The molecule has 1 unspecified atom stereocenters. The Morgan fingerprint density at radius 1 is 1.16 bits per heavy atom. The number of nitrogens with zero attached hydrogens (tertiary/aromatic N) is 4. The summed E-state index contributed by atoms with van der Waals surface area (Å²) in [6, 6.07) is 9.96. The Balaban J connectivity index is 1.47. The lowest BCUT2D eigenvalue weighted by Gasteiger charge is -2.37. The van der Waals surface area contributed by atoms with E-state index in [1.54, 1.807) is 10.9 Å². The van der Waals surface area contributed by atoms with E-state index >= 15 is 0 Å². The summed E-state index contributed by atoms with van der Waals surface area (Å²) in [5.74, 6) is -0.0943. The standard InChI is InChI=1S/C18H22N4O3/c23-17(22-9-5-4-8-16(22)18-24-10-11-25-18)15-13-21(20-19-15)12-14-6-2-1-3-7-14/h1-3,6-7,13,16,18H,4-5,8-12H2. The molecule has 132 valence electrons. The second-order valence-corrected chi connectivity index (χ2v) is 6.46. The fourth-order valence-corrected chi connectivity index (χ4v) is 3.48. The Morgan fingerprint density at radius 3 is 2.76 bits per heavy atom. The molecule has 0 saturated carbocycles. The van der Waals surface area contributed by atoms with Crippen molar-refractivity contribution in [1.82, 2.24) is 19.9 Å². The van der Waals surface area contributed by atoms with Gasteiger partial charge in [-0.15, -0.1) is 5.10 Å². The maximum atomic E-state index is 12.9. The molecule has 7 heteroatoms. The van der Waals surface area contributed by atoms with Crippen LogP contribution in [0, 0.1) is 0 Å². The quantitative estimate of drug-likeness (QED) is 0.846. The molecule has 0 bridgehead atoms. The number of likely N-dealkylation sites (tertiary alicyclic amines) is 1. The van der Waals surface area contributed by atoms with Gasteiger partial charge in [-0.3, -0.25) is 4.79 Å². The molecular weight excluding hydrogens is 320 g/mol. The van der Waals surface area contributed by atoms with Crippen molar-refractivity contribution in [3.05, 3.63) is 47.8 Å². The van der Waals surface area contributed by atoms with Crippen molar-refractivity contribution in [3.8, 4) is 0 Å². The van der Waals surface area contributed by atoms with Gasteiger partial charge >= 0.3 is 0 Å². The van der Waals surface area contributed by atoms with Gasteiger partial charge in [-0.1, -0.05) is 35.5 Å². The Kier molecular flexibility index (Phi) is 4.76. The van der Waals surface area contributed by atoms with Crippen LogP contribution in [0.4, 0.5) is 0 Å². The minimum Gasteiger partial charge on any atom is -0.348 e. The predicted molar refractivity (Wildman–Crippen MR) is 89.9 cm³/mol. The molecule has 2 aromatic rings. The molecule has 25 heavy (non-hydrogen) atoms. The van der Waals surface area contributed by atoms with Gasteiger partial charge in [-0.05, 0) is 24.8 Å². The molecule has 1 amide bonds. The van der Waals surface area contributed by atoms with Gasteiger partial charge < -0.3 is 14.4 Å². The number of ether oxygens (including phenoxy) is 2. The van der Waals surface area contributed by atoms with Crippen LogP contribution in [0.25, 0.3) is 0 Å². The summed E-state index contributed by atoms with van der Waals surface area (Å²) in [4.78, 5) is 14.8. The molecule has 0 aliphatic carbocycles. The third-order valence-corrected chi connectivity index (χ3v) is 4.72. The molecule has 2 aliphatic rings. The predicted octanol–water partition coefficient (Wildman–Crippen LogP) is 1.69. The zero-order chi connectivity index (χ0) is 17.1. The number of rotatable bonds is 4. The normalized spacial score (nSPS) is 21.6. The van der Waals surface area contributed by atoms with E-state index in [-0.39, 0.29) is 18.2 Å². The maximum absolute atomic E-state index is 12.9. The molecule has 2 fully saturated rings. The lowest BCUT2D eigenvalue weighted by Crippen LogP contribution is -2.50. The summed E-state index contributed by atoms with van der Waals surface area (Å²) in [5.41, 5.74) is 1.50. The zero-order valence-electron chi connectivity index (χ0n) is 14.1. The number of carbonyl (C=O) groups excluding carboxylic acids is 1. The average Bonchev–Trinajstić information content (AvgIpc) is 3.34. The summed E-state index contributed by atoms with van der Waals surface area (Å²) in [6.45, 7) is 2.49. The van der Waals surface area contributed by atoms with Gasteiger partial charge in [0.15, 0.2) is 12.0 Å². The summed E-state index contributed by atoms with van der Waals surface area (Å²) in [5, 5.41) is 8.20. The molecule has 7 nitrogen and oxygen atoms in total. The second-order valence-electron chi connectivity index (χ2n) is 6.46. The van der Waals surface area contributed by atoms with Gasteiger partial charge in [0.25, 0.3) is 5.91 Å². The van der Waals surface area contributed by atoms with Crippen LogP contribution in [0.15, 0.2) is 36.5 Å². The summed E-state index contributed by atoms with van der Waals surface area (Å²) in [6.07, 6.45) is 4.38. The molecule has 4 rings (SSSR count). The van der Waals surface area contributed by atoms with Crippen molar-refractivity contribution in [2.75, 3.05) is 19.8 Å². The van der Waals surface area contributed by atoms with Gasteiger partial charge in [0.1, 0.15) is 0 Å². The van der Waals surface area contributed by atoms with Gasteiger partial charge in [0.05, 0.1) is 32.0 Å². The zero-order valence-corrected chi connectivity index (χ0v) is 14.1. The van der Waals surface area contributed by atoms with Gasteiger partial charge in [0, 0.05) is 6.54 Å². The monoisotopic (exact) mass is 342 g/mol. The maximum Gasteiger partial charge on any atom is 0.276 e. The molecule has 1 aromatic heterocycles. The van der Waals surface area contributed by atoms with Gasteiger partial charge in [0.2, 0.25) is 0 Å². The summed E-state index contributed by atoms with van der Waals surface area (Å²) in [7, 11) is 0. The smallest absolute Gasteiger partial charge is 0.276 e. The highest BCUT2D eigenvalue weighted by atomic mass is 16.7. The molecule has 0 spiro atoms. The number of hydrogen-bond acceptors (Lipinski definition) is 5. The van der Waals surface area contributed by atoms with Crippen LogP contribution in [0.2, 0.25) is 0 Å². The van der Waals surface area contributed by atoms with E-state index in [1.165, 1.54) is 0 Å². The van der Waals surface area contributed by atoms with E-state index in [2.05, 4.69) is 10.3 Å². The third kappa shape index (κ3) is 3.57. The molecule has 3 heterocycles. The summed E-state index contributed by atoms with van der Waals surface area (Å²) < 4.78 is 13.0. The summed E-state index contributed by atoms with van der Waals surface area (Å²) >= 11 is 0. The van der Waals surface area contributed by atoms with Crippen LogP contribution in [0.3, 0.4) is 0 Å². The van der Waals surface area contributed by atoms with Crippen LogP contribution in [-0.2, 0) is 16.0 Å². The molecular formula is C18H22N4O3. The van der Waals surface area contributed by atoms with Crippen LogP contribution in [-0.4, -0.2) is 57.9 Å². The number of carbonyl (C=O) groups is 1. The van der Waals surface area contributed by atoms with Crippen molar-refractivity contribution in [2.45, 2.75) is 38.1 Å². The number of hydrogen-bond donors (Lipinski definition) is 0. The van der Waals surface area contributed by atoms with Crippen molar-refractivity contribution in [3.63, 3.8) is 0 Å². The first kappa shape index (κ1) is 16.2. The van der Waals surface area contributed by atoms with Crippen LogP contribution in [0.5, 0.6) is 0 Å². The number of benzene rings is 1. The molecule has 0 radical (unpaired) electrons. The average molecular weight is 342 g/mol. The van der Waals surface area contributed by atoms with Crippen molar-refractivity contribution >= 4 is 5.91 Å². The van der Waals surface area contributed by atoms with Crippen LogP contribution >= 0.6 is 0 Å². The highest BCUT2D eigenvalue weighted by Gasteiger charge is 2.37. The van der Waals surface area contributed by atoms with Crippen molar-refractivity contribution < 1.29 is 14.3 Å². The Bertz CT molecular complexity index is 712. The Labute approximate surface area is 146 Å². The van der Waals surface area contributed by atoms with Crippen molar-refractivity contribution in [2.24, 2.45) is 0 Å². The van der Waals surface area contributed by atoms with Crippen molar-refractivity contribution in [1.29, 1.82) is 0 Å². The second kappa shape index (κ2) is 7.33. The van der Waals surface area contributed by atoms with Gasteiger partial charge in [-0.25, -0.2) is 4.68 Å². The van der Waals surface area contributed by atoms with Crippen LogP contribution in [0.1, 0.15) is 35.3 Å². The van der Waals surface area contributed by atoms with E-state index in [0.717, 1.165) is 24.8 Å². The van der Waals surface area contributed by atoms with Crippen LogP contribution < -0.4 is 0 Å². The lowest BCUT2D eigenvalue weighted by atomic mass is 10.0. The number of piperidine rings is 1. The Hall–Kier alpha value is -2.25. The van der Waals surface area contributed by atoms with E-state index in [1.807, 2.05) is 35.2 Å². The Morgan fingerprint density at radius 2 is 1.96 bits per heavy atom. The first-order valence-corrected chi connectivity index (χ1v) is 8.79. The number of aromatic nitrogens is 3. The first-order valence-electron chi connectivity index (χ1n) is 8.79. The topological polar surface area (TPSA) is 69.5 Å². The van der Waals surface area contributed by atoms with E-state index < -0.39 is 0 Å². The molecule has 1 atom stereocenters. The minimum absolute atomic E-state index is 0.0389. The van der Waals surface area contributed by atoms with E-state index in [9.17, 15) is 4.79 Å². The molecule has 2 aliphatic heterocycles. The van der Waals surface area contributed by atoms with E-state index in [0.29, 0.717) is 32.0 Å².